The Kier molecular flexibility index (Phi) is 6.73. The number of benzene rings is 2. The van der Waals surface area contributed by atoms with Gasteiger partial charge in [-0.2, -0.15) is 0 Å². The summed E-state index contributed by atoms with van der Waals surface area (Å²) >= 11 is 6.12. The molecular weight excluding hydrogens is 464 g/mol. The molecule has 33 heavy (non-hydrogen) atoms. The minimum atomic E-state index is -3.97. The van der Waals surface area contributed by atoms with Gasteiger partial charge in [-0.15, -0.1) is 0 Å². The van der Waals surface area contributed by atoms with E-state index in [1.165, 1.54) is 18.2 Å². The Hall–Kier alpha value is -3.27. The summed E-state index contributed by atoms with van der Waals surface area (Å²) in [6, 6.07) is 14.4. The van der Waals surface area contributed by atoms with E-state index in [1.807, 2.05) is 0 Å². The number of hydrogen-bond acceptors (Lipinski definition) is 5. The van der Waals surface area contributed by atoms with Crippen LogP contribution in [0, 0.1) is 0 Å². The minimum Gasteiger partial charge on any atom is -0.322 e. The molecule has 0 radical (unpaired) electrons. The highest BCUT2D eigenvalue weighted by molar-refractivity contribution is 7.89. The van der Waals surface area contributed by atoms with Gasteiger partial charge >= 0.3 is 0 Å². The Labute approximate surface area is 196 Å². The number of carbonyl (C=O) groups excluding carboxylic acids is 2. The number of carbonyl (C=O) groups is 2. The van der Waals surface area contributed by atoms with E-state index >= 15 is 0 Å². The van der Waals surface area contributed by atoms with Crippen molar-refractivity contribution in [1.29, 1.82) is 0 Å². The van der Waals surface area contributed by atoms with E-state index in [9.17, 15) is 18.0 Å². The van der Waals surface area contributed by atoms with E-state index in [-0.39, 0.29) is 27.9 Å². The summed E-state index contributed by atoms with van der Waals surface area (Å²) in [4.78, 5) is 30.1. The van der Waals surface area contributed by atoms with Crippen LogP contribution in [0.5, 0.6) is 0 Å². The maximum absolute atomic E-state index is 12.8. The van der Waals surface area contributed by atoms with Crippen LogP contribution in [-0.4, -0.2) is 31.8 Å². The number of nitrogens with one attached hydrogen (secondary N) is 2. The summed E-state index contributed by atoms with van der Waals surface area (Å²) < 4.78 is 28.0. The third-order valence-electron chi connectivity index (χ3n) is 5.18. The molecule has 0 atom stereocenters. The molecule has 0 spiro atoms. The number of pyridine rings is 1. The van der Waals surface area contributed by atoms with Crippen LogP contribution in [0.2, 0.25) is 5.02 Å². The summed E-state index contributed by atoms with van der Waals surface area (Å²) in [7, 11) is -3.97. The molecule has 1 aliphatic rings. The molecule has 2 amide bonds. The van der Waals surface area contributed by atoms with Gasteiger partial charge in [0.25, 0.3) is 5.91 Å². The van der Waals surface area contributed by atoms with Gasteiger partial charge in [-0.05, 0) is 60.5 Å². The lowest BCUT2D eigenvalue weighted by atomic mass is 10.2. The van der Waals surface area contributed by atoms with Crippen molar-refractivity contribution in [2.45, 2.75) is 24.3 Å². The molecule has 1 aromatic heterocycles. The highest BCUT2D eigenvalue weighted by Crippen LogP contribution is 2.25. The summed E-state index contributed by atoms with van der Waals surface area (Å²) in [6.45, 7) is 0.718. The van der Waals surface area contributed by atoms with Gasteiger partial charge in [0.05, 0.1) is 5.02 Å². The van der Waals surface area contributed by atoms with Crippen LogP contribution in [0.3, 0.4) is 0 Å². The Morgan fingerprint density at radius 3 is 2.58 bits per heavy atom. The SMILES string of the molecule is O=C(Nc1ccc(N2CCCC2=O)cc1)c1ccc(Cl)c(S(=O)(=O)NCc2cccnc2)c1. The van der Waals surface area contributed by atoms with Crippen LogP contribution in [0.1, 0.15) is 28.8 Å². The van der Waals surface area contributed by atoms with Crippen molar-refractivity contribution >= 4 is 44.8 Å². The molecule has 3 aromatic rings. The first-order valence-electron chi connectivity index (χ1n) is 10.2. The van der Waals surface area contributed by atoms with Crippen molar-refractivity contribution in [3.05, 3.63) is 83.1 Å². The number of sulfonamides is 1. The molecule has 0 saturated carbocycles. The van der Waals surface area contributed by atoms with Crippen LogP contribution in [-0.2, 0) is 21.4 Å². The second-order valence-corrected chi connectivity index (χ2v) is 9.62. The van der Waals surface area contributed by atoms with E-state index < -0.39 is 15.9 Å². The van der Waals surface area contributed by atoms with Gasteiger partial charge in [0.2, 0.25) is 15.9 Å². The van der Waals surface area contributed by atoms with E-state index in [1.54, 1.807) is 53.7 Å². The normalized spacial score (nSPS) is 13.8. The van der Waals surface area contributed by atoms with Crippen molar-refractivity contribution in [3.63, 3.8) is 0 Å². The number of anilines is 2. The molecule has 4 rings (SSSR count). The largest absolute Gasteiger partial charge is 0.322 e. The fourth-order valence-corrected chi connectivity index (χ4v) is 5.00. The third kappa shape index (κ3) is 5.39. The lowest BCUT2D eigenvalue weighted by Gasteiger charge is -2.16. The molecule has 2 N–H and O–H groups in total. The molecular formula is C23H21ClN4O4S. The summed E-state index contributed by atoms with van der Waals surface area (Å²) in [5.41, 5.74) is 2.12. The van der Waals surface area contributed by atoms with Crippen molar-refractivity contribution < 1.29 is 18.0 Å². The average molecular weight is 485 g/mol. The fraction of sp³-hybridized carbons (Fsp3) is 0.174. The first kappa shape index (κ1) is 22.9. The van der Waals surface area contributed by atoms with Gasteiger partial charge < -0.3 is 10.2 Å². The zero-order chi connectivity index (χ0) is 23.4. The molecule has 0 aliphatic carbocycles. The Balaban J connectivity index is 1.47. The Morgan fingerprint density at radius 2 is 1.91 bits per heavy atom. The number of rotatable bonds is 7. The maximum atomic E-state index is 12.8. The first-order valence-corrected chi connectivity index (χ1v) is 12.1. The Morgan fingerprint density at radius 1 is 1.12 bits per heavy atom. The lowest BCUT2D eigenvalue weighted by Crippen LogP contribution is -2.24. The fourth-order valence-electron chi connectivity index (χ4n) is 3.46. The number of amides is 2. The quantitative estimate of drug-likeness (QED) is 0.532. The molecule has 1 saturated heterocycles. The summed E-state index contributed by atoms with van der Waals surface area (Å²) in [6.07, 6.45) is 4.52. The van der Waals surface area contributed by atoms with E-state index in [4.69, 9.17) is 11.6 Å². The summed E-state index contributed by atoms with van der Waals surface area (Å²) in [5, 5.41) is 2.74. The van der Waals surface area contributed by atoms with Crippen molar-refractivity contribution in [2.24, 2.45) is 0 Å². The smallest absolute Gasteiger partial charge is 0.255 e. The molecule has 10 heteroatoms. The molecule has 1 aliphatic heterocycles. The molecule has 1 fully saturated rings. The molecule has 8 nitrogen and oxygen atoms in total. The third-order valence-corrected chi connectivity index (χ3v) is 7.07. The van der Waals surface area contributed by atoms with E-state index in [2.05, 4.69) is 15.0 Å². The zero-order valence-corrected chi connectivity index (χ0v) is 19.1. The zero-order valence-electron chi connectivity index (χ0n) is 17.5. The van der Waals surface area contributed by atoms with Crippen LogP contribution in [0.4, 0.5) is 11.4 Å². The maximum Gasteiger partial charge on any atom is 0.255 e. The second kappa shape index (κ2) is 9.70. The topological polar surface area (TPSA) is 108 Å². The molecule has 170 valence electrons. The standard InChI is InChI=1S/C23H21ClN4O4S/c24-20-10-5-17(13-21(20)33(31,32)26-15-16-3-1-11-25-14-16)23(30)27-18-6-8-19(9-7-18)28-12-2-4-22(28)29/h1,3,5-11,13-14,26H,2,4,12,15H2,(H,27,30). The molecule has 2 heterocycles. The van der Waals surface area contributed by atoms with Crippen LogP contribution in [0.25, 0.3) is 0 Å². The highest BCUT2D eigenvalue weighted by Gasteiger charge is 2.22. The predicted molar refractivity (Wildman–Crippen MR) is 126 cm³/mol. The number of hydrogen-bond donors (Lipinski definition) is 2. The van der Waals surface area contributed by atoms with E-state index in [0.717, 1.165) is 12.1 Å². The van der Waals surface area contributed by atoms with Gasteiger partial charge in [0, 0.05) is 48.8 Å². The van der Waals surface area contributed by atoms with Crippen LogP contribution < -0.4 is 14.9 Å². The lowest BCUT2D eigenvalue weighted by molar-refractivity contribution is -0.117. The number of nitrogens with zero attached hydrogens (tertiary/aromatic N) is 2. The summed E-state index contributed by atoms with van der Waals surface area (Å²) in [5.74, 6) is -0.404. The monoisotopic (exact) mass is 484 g/mol. The Bertz CT molecular complexity index is 1280. The van der Waals surface area contributed by atoms with Crippen LogP contribution >= 0.6 is 11.6 Å². The average Bonchev–Trinajstić information content (AvgIpc) is 3.25. The van der Waals surface area contributed by atoms with Crippen LogP contribution in [0.15, 0.2) is 71.9 Å². The predicted octanol–water partition coefficient (Wildman–Crippen LogP) is 3.59. The van der Waals surface area contributed by atoms with Gasteiger partial charge in [0.1, 0.15) is 4.90 Å². The molecule has 0 unspecified atom stereocenters. The van der Waals surface area contributed by atoms with Crippen molar-refractivity contribution in [3.8, 4) is 0 Å². The number of halogens is 1. The minimum absolute atomic E-state index is 0.00451. The van der Waals surface area contributed by atoms with Crippen molar-refractivity contribution in [2.75, 3.05) is 16.8 Å². The van der Waals surface area contributed by atoms with Gasteiger partial charge in [0.15, 0.2) is 0 Å². The number of aromatic nitrogens is 1. The first-order chi connectivity index (χ1) is 15.8. The van der Waals surface area contributed by atoms with Gasteiger partial charge in [-0.3, -0.25) is 14.6 Å². The molecule has 0 bridgehead atoms. The van der Waals surface area contributed by atoms with Gasteiger partial charge in [-0.25, -0.2) is 13.1 Å². The van der Waals surface area contributed by atoms with E-state index in [0.29, 0.717) is 24.2 Å². The second-order valence-electron chi connectivity index (χ2n) is 7.48. The molecule has 2 aromatic carbocycles. The highest BCUT2D eigenvalue weighted by atomic mass is 35.5. The van der Waals surface area contributed by atoms with Crippen molar-refractivity contribution in [1.82, 2.24) is 9.71 Å². The van der Waals surface area contributed by atoms with Gasteiger partial charge in [-0.1, -0.05) is 17.7 Å².